The number of rotatable bonds is 5. The standard InChI is InChI=1S/C24H34NP/c1-19(25-21-16-12-9-13-17-21)22(18-20-14-10-8-11-15-20)26(23(2,3)4)24(5,6)7/h8-19,25H,1-7H3/b22-18+/t19-/m0/s1. The second-order valence-corrected chi connectivity index (χ2v) is 12.8. The summed E-state index contributed by atoms with van der Waals surface area (Å²) < 4.78 is 0. The Morgan fingerprint density at radius 1 is 0.808 bits per heavy atom. The number of para-hydroxylation sites is 1. The van der Waals surface area contributed by atoms with Gasteiger partial charge in [-0.15, -0.1) is 0 Å². The van der Waals surface area contributed by atoms with Crippen LogP contribution in [0.4, 0.5) is 5.69 Å². The third-order valence-electron chi connectivity index (χ3n) is 4.31. The lowest BCUT2D eigenvalue weighted by atomic mass is 10.1. The van der Waals surface area contributed by atoms with Crippen LogP contribution in [0, 0.1) is 0 Å². The van der Waals surface area contributed by atoms with E-state index in [-0.39, 0.29) is 24.3 Å². The van der Waals surface area contributed by atoms with Gasteiger partial charge in [-0.25, -0.2) is 0 Å². The van der Waals surface area contributed by atoms with E-state index in [1.165, 1.54) is 16.6 Å². The zero-order valence-electron chi connectivity index (χ0n) is 17.4. The lowest BCUT2D eigenvalue weighted by Crippen LogP contribution is -2.30. The molecule has 0 fully saturated rings. The molecular weight excluding hydrogens is 333 g/mol. The van der Waals surface area contributed by atoms with Crippen molar-refractivity contribution in [2.45, 2.75) is 64.8 Å². The first-order valence-electron chi connectivity index (χ1n) is 9.47. The quantitative estimate of drug-likeness (QED) is 0.536. The van der Waals surface area contributed by atoms with Crippen LogP contribution in [0.3, 0.4) is 0 Å². The van der Waals surface area contributed by atoms with Crippen molar-refractivity contribution in [3.63, 3.8) is 0 Å². The van der Waals surface area contributed by atoms with E-state index in [9.17, 15) is 0 Å². The van der Waals surface area contributed by atoms with Crippen LogP contribution in [0.25, 0.3) is 6.08 Å². The van der Waals surface area contributed by atoms with E-state index in [0.717, 1.165) is 0 Å². The first-order chi connectivity index (χ1) is 12.1. The Morgan fingerprint density at radius 3 is 1.73 bits per heavy atom. The Balaban J connectivity index is 2.49. The Kier molecular flexibility index (Phi) is 6.69. The molecule has 0 amide bonds. The molecule has 0 aromatic heterocycles. The number of hydrogen-bond acceptors (Lipinski definition) is 1. The highest BCUT2D eigenvalue weighted by Gasteiger charge is 2.38. The van der Waals surface area contributed by atoms with Crippen LogP contribution >= 0.6 is 7.92 Å². The third-order valence-corrected chi connectivity index (χ3v) is 8.03. The van der Waals surface area contributed by atoms with E-state index < -0.39 is 0 Å². The van der Waals surface area contributed by atoms with Gasteiger partial charge in [-0.05, 0) is 46.3 Å². The minimum atomic E-state index is -0.367. The number of anilines is 1. The highest BCUT2D eigenvalue weighted by Crippen LogP contribution is 2.65. The molecule has 0 unspecified atom stereocenters. The molecule has 0 saturated carbocycles. The summed E-state index contributed by atoms with van der Waals surface area (Å²) in [5, 5.41) is 5.73. The molecule has 1 N–H and O–H groups in total. The molecule has 2 aromatic carbocycles. The zero-order chi connectivity index (χ0) is 19.4. The van der Waals surface area contributed by atoms with Crippen LogP contribution in [0.5, 0.6) is 0 Å². The zero-order valence-corrected chi connectivity index (χ0v) is 18.3. The van der Waals surface area contributed by atoms with Crippen LogP contribution in [-0.4, -0.2) is 16.4 Å². The smallest absolute Gasteiger partial charge is 0.0490 e. The van der Waals surface area contributed by atoms with Gasteiger partial charge in [0, 0.05) is 11.7 Å². The van der Waals surface area contributed by atoms with Gasteiger partial charge in [0.1, 0.15) is 0 Å². The molecule has 140 valence electrons. The lowest BCUT2D eigenvalue weighted by molar-refractivity contribution is 0.706. The number of nitrogens with one attached hydrogen (secondary N) is 1. The predicted octanol–water partition coefficient (Wildman–Crippen LogP) is 7.61. The summed E-state index contributed by atoms with van der Waals surface area (Å²) in [6.45, 7) is 16.6. The monoisotopic (exact) mass is 367 g/mol. The van der Waals surface area contributed by atoms with Crippen molar-refractivity contribution in [3.05, 3.63) is 71.5 Å². The fourth-order valence-electron chi connectivity index (χ4n) is 3.74. The molecule has 0 radical (unpaired) electrons. The fraction of sp³-hybridized carbons (Fsp3) is 0.417. The Morgan fingerprint density at radius 2 is 1.27 bits per heavy atom. The summed E-state index contributed by atoms with van der Waals surface area (Å²) in [4.78, 5) is 0. The molecule has 2 rings (SSSR count). The average Bonchev–Trinajstić information content (AvgIpc) is 2.53. The molecule has 0 spiro atoms. The normalized spacial score (nSPS) is 14.4. The maximum absolute atomic E-state index is 3.73. The van der Waals surface area contributed by atoms with Crippen molar-refractivity contribution in [2.24, 2.45) is 0 Å². The van der Waals surface area contributed by atoms with E-state index in [1.807, 2.05) is 0 Å². The summed E-state index contributed by atoms with van der Waals surface area (Å²) in [5.74, 6) is 0. The Labute approximate surface area is 161 Å². The second kappa shape index (κ2) is 8.40. The minimum absolute atomic E-state index is 0.237. The van der Waals surface area contributed by atoms with Crippen LogP contribution < -0.4 is 5.32 Å². The maximum Gasteiger partial charge on any atom is 0.0490 e. The van der Waals surface area contributed by atoms with Gasteiger partial charge in [0.2, 0.25) is 0 Å². The van der Waals surface area contributed by atoms with Gasteiger partial charge in [-0.2, -0.15) is 0 Å². The van der Waals surface area contributed by atoms with Gasteiger partial charge in [0.15, 0.2) is 0 Å². The first-order valence-corrected chi connectivity index (χ1v) is 10.8. The van der Waals surface area contributed by atoms with Crippen molar-refractivity contribution in [1.82, 2.24) is 0 Å². The number of benzene rings is 2. The molecule has 0 aliphatic rings. The molecule has 0 aliphatic carbocycles. The average molecular weight is 368 g/mol. The highest BCUT2D eigenvalue weighted by atomic mass is 31.1. The summed E-state index contributed by atoms with van der Waals surface area (Å²) in [7, 11) is -0.367. The van der Waals surface area contributed by atoms with E-state index in [4.69, 9.17) is 0 Å². The molecule has 0 aliphatic heterocycles. The summed E-state index contributed by atoms with van der Waals surface area (Å²) >= 11 is 0. The molecule has 0 bridgehead atoms. The fourth-order valence-corrected chi connectivity index (χ4v) is 8.03. The van der Waals surface area contributed by atoms with Gasteiger partial charge in [-0.3, -0.25) is 0 Å². The molecule has 2 aromatic rings. The van der Waals surface area contributed by atoms with Gasteiger partial charge in [-0.1, -0.05) is 98.0 Å². The van der Waals surface area contributed by atoms with Crippen LogP contribution in [-0.2, 0) is 0 Å². The Hall–Kier alpha value is -1.59. The molecule has 2 heteroatoms. The van der Waals surface area contributed by atoms with Crippen LogP contribution in [0.1, 0.15) is 54.0 Å². The minimum Gasteiger partial charge on any atom is -0.378 e. The topological polar surface area (TPSA) is 12.0 Å². The van der Waals surface area contributed by atoms with Gasteiger partial charge >= 0.3 is 0 Å². The largest absolute Gasteiger partial charge is 0.378 e. The molecule has 26 heavy (non-hydrogen) atoms. The van der Waals surface area contributed by atoms with Crippen molar-refractivity contribution < 1.29 is 0 Å². The van der Waals surface area contributed by atoms with Crippen molar-refractivity contribution in [2.75, 3.05) is 5.32 Å². The van der Waals surface area contributed by atoms with Gasteiger partial charge in [0.05, 0.1) is 0 Å². The SMILES string of the molecule is C[C@H](Nc1ccccc1)/C(=C\c1ccccc1)P(C(C)(C)C)C(C)(C)C. The van der Waals surface area contributed by atoms with Gasteiger partial charge < -0.3 is 5.32 Å². The number of hydrogen-bond donors (Lipinski definition) is 1. The van der Waals surface area contributed by atoms with Crippen molar-refractivity contribution in [3.8, 4) is 0 Å². The summed E-state index contributed by atoms with van der Waals surface area (Å²) in [6.07, 6.45) is 2.42. The molecular formula is C24H34NP. The van der Waals surface area contributed by atoms with Crippen LogP contribution in [0.15, 0.2) is 66.0 Å². The van der Waals surface area contributed by atoms with E-state index in [1.54, 1.807) is 0 Å². The lowest BCUT2D eigenvalue weighted by Gasteiger charge is -2.45. The van der Waals surface area contributed by atoms with E-state index >= 15 is 0 Å². The Bertz CT molecular complexity index is 691. The van der Waals surface area contributed by atoms with E-state index in [2.05, 4.69) is 121 Å². The summed E-state index contributed by atoms with van der Waals surface area (Å²) in [6, 6.07) is 21.5. The maximum atomic E-state index is 3.73. The first kappa shape index (κ1) is 20.7. The molecule has 0 saturated heterocycles. The molecule has 1 atom stereocenters. The summed E-state index contributed by atoms with van der Waals surface area (Å²) in [5.41, 5.74) is 2.46. The predicted molar refractivity (Wildman–Crippen MR) is 120 cm³/mol. The van der Waals surface area contributed by atoms with Crippen molar-refractivity contribution >= 4 is 19.7 Å². The van der Waals surface area contributed by atoms with Gasteiger partial charge in [0.25, 0.3) is 0 Å². The van der Waals surface area contributed by atoms with E-state index in [0.29, 0.717) is 0 Å². The highest BCUT2D eigenvalue weighted by molar-refractivity contribution is 7.65. The third kappa shape index (κ3) is 5.71. The van der Waals surface area contributed by atoms with Crippen LogP contribution in [0.2, 0.25) is 0 Å². The van der Waals surface area contributed by atoms with Crippen molar-refractivity contribution in [1.29, 1.82) is 0 Å². The second-order valence-electron chi connectivity index (χ2n) is 8.89. The molecule has 0 heterocycles. The molecule has 1 nitrogen and oxygen atoms in total.